The molecule has 35 heavy (non-hydrogen) atoms. The van der Waals surface area contributed by atoms with Crippen molar-refractivity contribution in [3.8, 4) is 11.3 Å². The molecule has 4 aromatic rings. The van der Waals surface area contributed by atoms with Crippen molar-refractivity contribution in [3.63, 3.8) is 0 Å². The van der Waals surface area contributed by atoms with Crippen LogP contribution in [0.3, 0.4) is 0 Å². The number of anilines is 1. The summed E-state index contributed by atoms with van der Waals surface area (Å²) in [7, 11) is -0.378. The van der Waals surface area contributed by atoms with E-state index < -0.39 is 24.4 Å². The molecule has 0 amide bonds. The Morgan fingerprint density at radius 3 is 2.34 bits per heavy atom. The number of fused-ring (bicyclic) bond motifs is 1. The standard InChI is InChI=1S/C23H19ClF3N4P.CH2F2/c1-12-19(24)23(29-10-13-5-4-6-15(25)20(13)27)22-17(30-12)9-16(26)21(31-22)14-7-8-18(28-11-14)32(2)3;2-1-3/h4-9,11H,10H2,1-3H3,(H,29,30);1H2. The minimum Gasteiger partial charge on any atom is -0.378 e. The van der Waals surface area contributed by atoms with Crippen molar-refractivity contribution >= 4 is 41.7 Å². The molecule has 1 aromatic carbocycles. The second-order valence-electron chi connectivity index (χ2n) is 7.54. The van der Waals surface area contributed by atoms with Crippen molar-refractivity contribution in [1.29, 1.82) is 0 Å². The van der Waals surface area contributed by atoms with Crippen molar-refractivity contribution in [2.75, 3.05) is 25.6 Å². The SMILES string of the molecule is Cc1nc2cc(F)c(-c3ccc(P(C)C)nc3)nc2c(NCc2cccc(F)c2F)c1Cl.FCF. The van der Waals surface area contributed by atoms with Crippen LogP contribution in [0, 0.1) is 24.4 Å². The summed E-state index contributed by atoms with van der Waals surface area (Å²) < 4.78 is 61.8. The molecule has 0 unspecified atom stereocenters. The Morgan fingerprint density at radius 2 is 1.71 bits per heavy atom. The molecule has 0 saturated carbocycles. The van der Waals surface area contributed by atoms with Crippen LogP contribution in [0.2, 0.25) is 5.02 Å². The summed E-state index contributed by atoms with van der Waals surface area (Å²) in [5.74, 6) is -2.42. The molecule has 4 rings (SSSR count). The van der Waals surface area contributed by atoms with Gasteiger partial charge in [0.05, 0.1) is 27.4 Å². The summed E-state index contributed by atoms with van der Waals surface area (Å²) in [5.41, 5.74) is 3.15. The van der Waals surface area contributed by atoms with Crippen molar-refractivity contribution in [2.24, 2.45) is 0 Å². The Bertz CT molecular complexity index is 1340. The lowest BCUT2D eigenvalue weighted by molar-refractivity contribution is 0.295. The van der Waals surface area contributed by atoms with Crippen LogP contribution in [0.1, 0.15) is 11.3 Å². The van der Waals surface area contributed by atoms with E-state index in [9.17, 15) is 22.0 Å². The van der Waals surface area contributed by atoms with E-state index in [0.29, 0.717) is 28.0 Å². The quantitative estimate of drug-likeness (QED) is 0.226. The fraction of sp³-hybridized carbons (Fsp3) is 0.208. The fourth-order valence-corrected chi connectivity index (χ4v) is 4.15. The summed E-state index contributed by atoms with van der Waals surface area (Å²) in [4.78, 5) is 13.2. The second kappa shape index (κ2) is 11.7. The molecule has 4 nitrogen and oxygen atoms in total. The average Bonchev–Trinajstić information content (AvgIpc) is 2.82. The first-order valence-corrected chi connectivity index (χ1v) is 12.9. The Morgan fingerprint density at radius 1 is 1.00 bits per heavy atom. The lowest BCUT2D eigenvalue weighted by atomic mass is 10.1. The maximum Gasteiger partial charge on any atom is 0.229 e. The molecular weight excluding hydrogens is 506 g/mol. The van der Waals surface area contributed by atoms with E-state index in [0.717, 1.165) is 11.5 Å². The topological polar surface area (TPSA) is 50.7 Å². The minimum atomic E-state index is -1.75. The lowest BCUT2D eigenvalue weighted by Gasteiger charge is -2.15. The highest BCUT2D eigenvalue weighted by Crippen LogP contribution is 2.34. The van der Waals surface area contributed by atoms with Gasteiger partial charge in [-0.2, -0.15) is 0 Å². The maximum absolute atomic E-state index is 14.9. The number of alkyl halides is 2. The molecule has 0 saturated heterocycles. The van der Waals surface area contributed by atoms with E-state index >= 15 is 0 Å². The van der Waals surface area contributed by atoms with Crippen molar-refractivity contribution in [2.45, 2.75) is 13.5 Å². The van der Waals surface area contributed by atoms with Gasteiger partial charge in [-0.25, -0.2) is 31.9 Å². The minimum absolute atomic E-state index is 0.0386. The van der Waals surface area contributed by atoms with Gasteiger partial charge in [-0.3, -0.25) is 4.98 Å². The number of nitrogens with one attached hydrogen (secondary N) is 1. The Balaban J connectivity index is 0.00000108. The molecule has 0 atom stereocenters. The van der Waals surface area contributed by atoms with Crippen molar-refractivity contribution < 1.29 is 22.0 Å². The average molecular weight is 527 g/mol. The third-order valence-electron chi connectivity index (χ3n) is 4.98. The number of nitrogens with zero attached hydrogens (tertiary/aromatic N) is 3. The Kier molecular flexibility index (Phi) is 8.92. The zero-order valence-corrected chi connectivity index (χ0v) is 20.7. The van der Waals surface area contributed by atoms with Gasteiger partial charge < -0.3 is 5.32 Å². The van der Waals surface area contributed by atoms with E-state index in [4.69, 9.17) is 11.6 Å². The zero-order chi connectivity index (χ0) is 25.7. The molecule has 0 fully saturated rings. The van der Waals surface area contributed by atoms with Gasteiger partial charge in [-0.05, 0) is 38.5 Å². The van der Waals surface area contributed by atoms with Crippen LogP contribution in [0.25, 0.3) is 22.3 Å². The normalized spacial score (nSPS) is 10.9. The number of hydrogen-bond acceptors (Lipinski definition) is 4. The smallest absolute Gasteiger partial charge is 0.229 e. The predicted molar refractivity (Wildman–Crippen MR) is 132 cm³/mol. The summed E-state index contributed by atoms with van der Waals surface area (Å²) in [6.07, 6.45) is 1.59. The number of pyridine rings is 3. The van der Waals surface area contributed by atoms with Crippen LogP contribution in [-0.4, -0.2) is 35.2 Å². The number of aryl methyl sites for hydroxylation is 1. The molecule has 3 heterocycles. The van der Waals surface area contributed by atoms with Gasteiger partial charge in [0, 0.05) is 29.9 Å². The molecule has 3 aromatic heterocycles. The molecule has 0 bridgehead atoms. The van der Waals surface area contributed by atoms with E-state index in [2.05, 4.69) is 33.6 Å². The molecule has 0 aliphatic rings. The van der Waals surface area contributed by atoms with E-state index in [1.165, 1.54) is 18.2 Å². The molecule has 0 aliphatic heterocycles. The molecule has 1 N–H and O–H groups in total. The highest BCUT2D eigenvalue weighted by molar-refractivity contribution is 7.63. The molecule has 184 valence electrons. The van der Waals surface area contributed by atoms with Crippen molar-refractivity contribution in [3.05, 3.63) is 76.3 Å². The van der Waals surface area contributed by atoms with Gasteiger partial charge in [0.1, 0.15) is 11.2 Å². The summed E-state index contributed by atoms with van der Waals surface area (Å²) in [6, 6.07) is 8.87. The van der Waals surface area contributed by atoms with Gasteiger partial charge in [-0.15, -0.1) is 0 Å². The van der Waals surface area contributed by atoms with Gasteiger partial charge in [0.25, 0.3) is 0 Å². The number of aromatic nitrogens is 3. The van der Waals surface area contributed by atoms with Crippen LogP contribution in [0.5, 0.6) is 0 Å². The second-order valence-corrected chi connectivity index (χ2v) is 10.2. The number of hydrogen-bond donors (Lipinski definition) is 1. The van der Waals surface area contributed by atoms with E-state index in [-0.39, 0.29) is 30.7 Å². The van der Waals surface area contributed by atoms with Crippen LogP contribution in [0.15, 0.2) is 42.6 Å². The van der Waals surface area contributed by atoms with Gasteiger partial charge in [0.15, 0.2) is 17.5 Å². The van der Waals surface area contributed by atoms with Gasteiger partial charge in [0.2, 0.25) is 6.93 Å². The molecule has 0 aliphatic carbocycles. The van der Waals surface area contributed by atoms with Gasteiger partial charge >= 0.3 is 0 Å². The predicted octanol–water partition coefficient (Wildman–Crippen LogP) is 6.93. The zero-order valence-electron chi connectivity index (χ0n) is 19.0. The largest absolute Gasteiger partial charge is 0.378 e. The Labute approximate surface area is 205 Å². The monoisotopic (exact) mass is 526 g/mol. The lowest BCUT2D eigenvalue weighted by Crippen LogP contribution is -2.07. The first kappa shape index (κ1) is 26.7. The highest BCUT2D eigenvalue weighted by Gasteiger charge is 2.18. The van der Waals surface area contributed by atoms with Gasteiger partial charge in [-0.1, -0.05) is 31.7 Å². The first-order chi connectivity index (χ1) is 16.7. The Hall–Kier alpha value is -2.90. The van der Waals surface area contributed by atoms with Crippen LogP contribution >= 0.6 is 19.5 Å². The summed E-state index contributed by atoms with van der Waals surface area (Å²) >= 11 is 6.47. The summed E-state index contributed by atoms with van der Waals surface area (Å²) in [6.45, 7) is 4.06. The third kappa shape index (κ3) is 6.03. The molecular formula is C24H21ClF5N4P. The molecule has 0 spiro atoms. The van der Waals surface area contributed by atoms with Crippen molar-refractivity contribution in [1.82, 2.24) is 15.0 Å². The maximum atomic E-state index is 14.9. The summed E-state index contributed by atoms with van der Waals surface area (Å²) in [5, 5.41) is 3.30. The number of halogens is 6. The van der Waals surface area contributed by atoms with Crippen LogP contribution in [-0.2, 0) is 6.54 Å². The first-order valence-electron chi connectivity index (χ1n) is 10.3. The van der Waals surface area contributed by atoms with Crippen LogP contribution < -0.4 is 10.8 Å². The molecule has 0 radical (unpaired) electrons. The third-order valence-corrected chi connectivity index (χ3v) is 6.63. The number of rotatable bonds is 5. The van der Waals surface area contributed by atoms with E-state index in [1.54, 1.807) is 19.2 Å². The highest BCUT2D eigenvalue weighted by atomic mass is 35.5. The number of benzene rings is 1. The van der Waals surface area contributed by atoms with Crippen LogP contribution in [0.4, 0.5) is 27.6 Å². The fourth-order valence-electron chi connectivity index (χ4n) is 3.29. The molecule has 11 heteroatoms. The van der Waals surface area contributed by atoms with E-state index in [1.807, 2.05) is 6.07 Å².